The highest BCUT2D eigenvalue weighted by molar-refractivity contribution is 4.86. The molecule has 2 fully saturated rings. The molecule has 0 atom stereocenters. The fourth-order valence-electron chi connectivity index (χ4n) is 4.61. The van der Waals surface area contributed by atoms with Gasteiger partial charge in [0.1, 0.15) is 0 Å². The van der Waals surface area contributed by atoms with Gasteiger partial charge in [0.2, 0.25) is 0 Å². The van der Waals surface area contributed by atoms with E-state index < -0.39 is 0 Å². The second-order valence-electron chi connectivity index (χ2n) is 9.02. The molecule has 4 heteroatoms. The number of nitrogens with one attached hydrogen (secondary N) is 2. The molecule has 1 saturated heterocycles. The average Bonchev–Trinajstić information content (AvgIpc) is 2.74. The molecule has 1 heterocycles. The van der Waals surface area contributed by atoms with Crippen LogP contribution in [0.1, 0.15) is 104 Å². The monoisotopic (exact) mass is 396 g/mol. The SMILES string of the molecule is CCCCCCCCOC1CNC(C2CCC(OCCCCCC)CC2)NC1. The van der Waals surface area contributed by atoms with Gasteiger partial charge < -0.3 is 9.47 Å². The van der Waals surface area contributed by atoms with Crippen molar-refractivity contribution >= 4 is 0 Å². The van der Waals surface area contributed by atoms with E-state index in [2.05, 4.69) is 24.5 Å². The molecule has 2 aliphatic rings. The molecule has 0 aromatic carbocycles. The molecule has 1 aliphatic carbocycles. The van der Waals surface area contributed by atoms with Crippen LogP contribution in [0.25, 0.3) is 0 Å². The summed E-state index contributed by atoms with van der Waals surface area (Å²) in [6, 6.07) is 0. The van der Waals surface area contributed by atoms with Crippen molar-refractivity contribution in [3.05, 3.63) is 0 Å². The summed E-state index contributed by atoms with van der Waals surface area (Å²) in [5, 5.41) is 7.42. The van der Waals surface area contributed by atoms with E-state index in [0.29, 0.717) is 18.4 Å². The molecule has 28 heavy (non-hydrogen) atoms. The Hall–Kier alpha value is -0.160. The lowest BCUT2D eigenvalue weighted by atomic mass is 9.84. The standard InChI is InChI=1S/C24H48N2O2/c1-3-5-7-9-10-12-18-28-23-19-25-24(26-20-23)21-13-15-22(16-14-21)27-17-11-8-6-4-2/h21-26H,3-20H2,1-2H3. The van der Waals surface area contributed by atoms with Crippen LogP contribution < -0.4 is 10.6 Å². The van der Waals surface area contributed by atoms with Gasteiger partial charge in [-0.25, -0.2) is 0 Å². The lowest BCUT2D eigenvalue weighted by Gasteiger charge is -2.39. The molecule has 1 saturated carbocycles. The van der Waals surface area contributed by atoms with Crippen molar-refractivity contribution in [2.45, 2.75) is 122 Å². The Bertz CT molecular complexity index is 351. The van der Waals surface area contributed by atoms with Gasteiger partial charge in [-0.05, 0) is 44.4 Å². The maximum atomic E-state index is 6.11. The van der Waals surface area contributed by atoms with Crippen molar-refractivity contribution in [3.63, 3.8) is 0 Å². The van der Waals surface area contributed by atoms with E-state index in [1.54, 1.807) is 0 Å². The van der Waals surface area contributed by atoms with Crippen LogP contribution >= 0.6 is 0 Å². The van der Waals surface area contributed by atoms with Crippen molar-refractivity contribution in [1.82, 2.24) is 10.6 Å². The van der Waals surface area contributed by atoms with Gasteiger partial charge in [0.25, 0.3) is 0 Å². The van der Waals surface area contributed by atoms with Gasteiger partial charge in [-0.2, -0.15) is 0 Å². The summed E-state index contributed by atoms with van der Waals surface area (Å²) in [4.78, 5) is 0. The highest BCUT2D eigenvalue weighted by atomic mass is 16.5. The number of hydrogen-bond acceptors (Lipinski definition) is 4. The molecule has 0 amide bonds. The summed E-state index contributed by atoms with van der Waals surface area (Å²) >= 11 is 0. The van der Waals surface area contributed by atoms with Crippen LogP contribution in [0.5, 0.6) is 0 Å². The molecule has 0 radical (unpaired) electrons. The van der Waals surface area contributed by atoms with E-state index in [-0.39, 0.29) is 0 Å². The van der Waals surface area contributed by atoms with Gasteiger partial charge in [-0.1, -0.05) is 65.2 Å². The van der Waals surface area contributed by atoms with E-state index in [0.717, 1.165) is 32.2 Å². The van der Waals surface area contributed by atoms with Gasteiger partial charge >= 0.3 is 0 Å². The first-order valence-corrected chi connectivity index (χ1v) is 12.5. The smallest absolute Gasteiger partial charge is 0.0824 e. The fraction of sp³-hybridized carbons (Fsp3) is 1.00. The molecule has 0 aromatic heterocycles. The first-order valence-electron chi connectivity index (χ1n) is 12.5. The zero-order valence-electron chi connectivity index (χ0n) is 18.9. The average molecular weight is 397 g/mol. The third kappa shape index (κ3) is 10.0. The van der Waals surface area contributed by atoms with Gasteiger partial charge in [-0.15, -0.1) is 0 Å². The van der Waals surface area contributed by atoms with Crippen molar-refractivity contribution in [3.8, 4) is 0 Å². The van der Waals surface area contributed by atoms with E-state index in [1.165, 1.54) is 89.9 Å². The predicted molar refractivity (Wildman–Crippen MR) is 119 cm³/mol. The minimum absolute atomic E-state index is 0.342. The summed E-state index contributed by atoms with van der Waals surface area (Å²) < 4.78 is 12.2. The second kappa shape index (κ2) is 15.6. The van der Waals surface area contributed by atoms with Crippen molar-refractivity contribution in [2.24, 2.45) is 5.92 Å². The third-order valence-corrected chi connectivity index (χ3v) is 6.52. The van der Waals surface area contributed by atoms with Crippen molar-refractivity contribution in [1.29, 1.82) is 0 Å². The lowest BCUT2D eigenvalue weighted by Crippen LogP contribution is -2.59. The highest BCUT2D eigenvalue weighted by Gasteiger charge is 2.30. The van der Waals surface area contributed by atoms with E-state index in [9.17, 15) is 0 Å². The Morgan fingerprint density at radius 1 is 0.607 bits per heavy atom. The Kier molecular flexibility index (Phi) is 13.5. The fourth-order valence-corrected chi connectivity index (χ4v) is 4.61. The molecule has 1 aliphatic heterocycles. The minimum atomic E-state index is 0.342. The summed E-state index contributed by atoms with van der Waals surface area (Å²) in [7, 11) is 0. The Labute approximate surface area is 174 Å². The molecule has 166 valence electrons. The molecule has 0 unspecified atom stereocenters. The quantitative estimate of drug-likeness (QED) is 0.363. The largest absolute Gasteiger partial charge is 0.378 e. The first-order chi connectivity index (χ1) is 13.8. The predicted octanol–water partition coefficient (Wildman–Crippen LogP) is 5.41. The van der Waals surface area contributed by atoms with Gasteiger partial charge in [0.15, 0.2) is 0 Å². The maximum Gasteiger partial charge on any atom is 0.0824 e. The van der Waals surface area contributed by atoms with Crippen LogP contribution in [-0.2, 0) is 9.47 Å². The summed E-state index contributed by atoms with van der Waals surface area (Å²) in [6.45, 7) is 8.43. The topological polar surface area (TPSA) is 42.5 Å². The zero-order valence-corrected chi connectivity index (χ0v) is 18.9. The minimum Gasteiger partial charge on any atom is -0.378 e. The number of unbranched alkanes of at least 4 members (excludes halogenated alkanes) is 8. The highest BCUT2D eigenvalue weighted by Crippen LogP contribution is 2.28. The summed E-state index contributed by atoms with van der Waals surface area (Å²) in [5.74, 6) is 0.749. The van der Waals surface area contributed by atoms with Crippen LogP contribution in [0.4, 0.5) is 0 Å². The number of rotatable bonds is 15. The number of hydrogen-bond donors (Lipinski definition) is 2. The zero-order chi connectivity index (χ0) is 19.9. The number of ether oxygens (including phenoxy) is 2. The molecule has 0 bridgehead atoms. The van der Waals surface area contributed by atoms with Crippen LogP contribution in [0.15, 0.2) is 0 Å². The Morgan fingerprint density at radius 2 is 1.11 bits per heavy atom. The van der Waals surface area contributed by atoms with Crippen molar-refractivity contribution in [2.75, 3.05) is 26.3 Å². The summed E-state index contributed by atoms with van der Waals surface area (Å²) in [5.41, 5.74) is 0. The Morgan fingerprint density at radius 3 is 1.71 bits per heavy atom. The molecule has 2 rings (SSSR count). The van der Waals surface area contributed by atoms with Crippen LogP contribution in [-0.4, -0.2) is 44.7 Å². The normalized spacial score (nSPS) is 28.5. The first kappa shape index (κ1) is 24.1. The van der Waals surface area contributed by atoms with E-state index >= 15 is 0 Å². The van der Waals surface area contributed by atoms with Gasteiger partial charge in [0.05, 0.1) is 18.4 Å². The molecular formula is C24H48N2O2. The lowest BCUT2D eigenvalue weighted by molar-refractivity contribution is -0.00280. The van der Waals surface area contributed by atoms with Crippen LogP contribution in [0.3, 0.4) is 0 Å². The van der Waals surface area contributed by atoms with Crippen molar-refractivity contribution < 1.29 is 9.47 Å². The van der Waals surface area contributed by atoms with E-state index in [1.807, 2.05) is 0 Å². The molecule has 0 spiro atoms. The maximum absolute atomic E-state index is 6.11. The van der Waals surface area contributed by atoms with Gasteiger partial charge in [0, 0.05) is 26.3 Å². The molecule has 2 N–H and O–H groups in total. The van der Waals surface area contributed by atoms with Crippen LogP contribution in [0, 0.1) is 5.92 Å². The second-order valence-corrected chi connectivity index (χ2v) is 9.02. The molecule has 4 nitrogen and oxygen atoms in total. The third-order valence-electron chi connectivity index (χ3n) is 6.52. The molecular weight excluding hydrogens is 348 g/mol. The van der Waals surface area contributed by atoms with Gasteiger partial charge in [-0.3, -0.25) is 10.6 Å². The van der Waals surface area contributed by atoms with E-state index in [4.69, 9.17) is 9.47 Å². The Balaban J connectivity index is 1.46. The molecule has 0 aromatic rings. The summed E-state index contributed by atoms with van der Waals surface area (Å²) in [6.07, 6.45) is 19.6. The van der Waals surface area contributed by atoms with Crippen LogP contribution in [0.2, 0.25) is 0 Å².